The van der Waals surface area contributed by atoms with E-state index in [1.165, 1.54) is 0 Å². The first-order valence-corrected chi connectivity index (χ1v) is 11.4. The Kier molecular flexibility index (Phi) is 7.13. The summed E-state index contributed by atoms with van der Waals surface area (Å²) in [6, 6.07) is 23.7. The van der Waals surface area contributed by atoms with Gasteiger partial charge in [0, 0.05) is 0 Å². The molecule has 4 rings (SSSR count). The van der Waals surface area contributed by atoms with Crippen molar-refractivity contribution in [1.29, 1.82) is 0 Å². The number of nitrogens with one attached hydrogen (secondary N) is 2. The summed E-state index contributed by atoms with van der Waals surface area (Å²) >= 11 is 5.57. The van der Waals surface area contributed by atoms with Gasteiger partial charge in [-0.15, -0.1) is 0 Å². The number of ether oxygens (including phenoxy) is 2. The third kappa shape index (κ3) is 5.55. The molecule has 174 valence electrons. The number of benzene rings is 3. The molecule has 0 aliphatic heterocycles. The number of nitrogens with zero attached hydrogens (tertiary/aromatic N) is 2. The van der Waals surface area contributed by atoms with E-state index in [0.717, 1.165) is 51.1 Å². The molecule has 1 heterocycles. The molecular weight excluding hydrogens is 444 g/mol. The number of rotatable bonds is 7. The topological polar surface area (TPSA) is 60.3 Å². The van der Waals surface area contributed by atoms with Gasteiger partial charge in [-0.3, -0.25) is 4.68 Å². The van der Waals surface area contributed by atoms with E-state index in [2.05, 4.69) is 16.7 Å². The lowest BCUT2D eigenvalue weighted by Crippen LogP contribution is -2.20. The number of hydrogen-bond donors (Lipinski definition) is 2. The van der Waals surface area contributed by atoms with E-state index < -0.39 is 0 Å². The third-order valence-electron chi connectivity index (χ3n) is 5.43. The lowest BCUT2D eigenvalue weighted by atomic mass is 10.2. The van der Waals surface area contributed by atoms with E-state index in [1.807, 2.05) is 92.2 Å². The van der Waals surface area contributed by atoms with Gasteiger partial charge < -0.3 is 20.1 Å². The van der Waals surface area contributed by atoms with Gasteiger partial charge >= 0.3 is 0 Å². The fourth-order valence-electron chi connectivity index (χ4n) is 3.72. The van der Waals surface area contributed by atoms with Gasteiger partial charge in [-0.1, -0.05) is 36.4 Å². The molecule has 34 heavy (non-hydrogen) atoms. The van der Waals surface area contributed by atoms with Crippen LogP contribution in [0.4, 0.5) is 11.4 Å². The van der Waals surface area contributed by atoms with Crippen molar-refractivity contribution in [2.45, 2.75) is 27.3 Å². The van der Waals surface area contributed by atoms with Gasteiger partial charge in [0.25, 0.3) is 0 Å². The summed E-state index contributed by atoms with van der Waals surface area (Å²) in [5.41, 5.74) is 5.78. The molecule has 0 amide bonds. The number of hydrogen-bond acceptors (Lipinski definition) is 4. The molecule has 3 aromatic carbocycles. The highest BCUT2D eigenvalue weighted by atomic mass is 32.1. The average molecular weight is 473 g/mol. The Hall–Kier alpha value is -3.84. The van der Waals surface area contributed by atoms with Crippen molar-refractivity contribution in [2.24, 2.45) is 0 Å². The van der Waals surface area contributed by atoms with Crippen molar-refractivity contribution < 1.29 is 9.47 Å². The summed E-state index contributed by atoms with van der Waals surface area (Å²) in [7, 11) is 1.64. The minimum absolute atomic E-state index is 0.480. The van der Waals surface area contributed by atoms with Gasteiger partial charge in [-0.25, -0.2) is 0 Å². The van der Waals surface area contributed by atoms with Crippen LogP contribution in [0.15, 0.2) is 72.8 Å². The summed E-state index contributed by atoms with van der Waals surface area (Å²) in [5, 5.41) is 11.7. The molecule has 7 heteroatoms. The number of methoxy groups -OCH3 is 1. The number of anilines is 2. The zero-order valence-corrected chi connectivity index (χ0v) is 20.6. The van der Waals surface area contributed by atoms with Crippen LogP contribution in [0.5, 0.6) is 17.2 Å². The molecule has 0 saturated heterocycles. The number of para-hydroxylation sites is 1. The Labute approximate surface area is 205 Å². The maximum Gasteiger partial charge on any atom is 0.175 e. The predicted molar refractivity (Wildman–Crippen MR) is 141 cm³/mol. The minimum Gasteiger partial charge on any atom is -0.495 e. The summed E-state index contributed by atoms with van der Waals surface area (Å²) in [5.74, 6) is 2.33. The van der Waals surface area contributed by atoms with Crippen molar-refractivity contribution in [2.75, 3.05) is 17.7 Å². The average Bonchev–Trinajstić information content (AvgIpc) is 3.07. The lowest BCUT2D eigenvalue weighted by Gasteiger charge is -2.14. The predicted octanol–water partition coefficient (Wildman–Crippen LogP) is 6.47. The van der Waals surface area contributed by atoms with Crippen LogP contribution in [0.25, 0.3) is 0 Å². The SMILES string of the molecule is COc1ccc(C)cc1NC(=S)Nc1c(C)nn(Cc2cccc(Oc3ccccc3)c2)c1C. The van der Waals surface area contributed by atoms with Gasteiger partial charge in [-0.05, 0) is 80.5 Å². The maximum absolute atomic E-state index is 5.97. The first-order chi connectivity index (χ1) is 16.4. The lowest BCUT2D eigenvalue weighted by molar-refractivity contribution is 0.417. The molecule has 0 fully saturated rings. The Morgan fingerprint density at radius 2 is 1.68 bits per heavy atom. The molecule has 2 N–H and O–H groups in total. The largest absolute Gasteiger partial charge is 0.495 e. The second kappa shape index (κ2) is 10.4. The molecule has 0 bridgehead atoms. The van der Waals surface area contributed by atoms with Gasteiger partial charge in [-0.2, -0.15) is 5.10 Å². The van der Waals surface area contributed by atoms with Crippen LogP contribution in [0.3, 0.4) is 0 Å². The fraction of sp³-hybridized carbons (Fsp3) is 0.185. The van der Waals surface area contributed by atoms with Crippen molar-refractivity contribution in [3.8, 4) is 17.2 Å². The molecule has 4 aromatic rings. The Morgan fingerprint density at radius 3 is 2.44 bits per heavy atom. The van der Waals surface area contributed by atoms with Crippen LogP contribution in [0, 0.1) is 20.8 Å². The Bertz CT molecular complexity index is 1300. The van der Waals surface area contributed by atoms with E-state index in [1.54, 1.807) is 7.11 Å². The molecule has 0 aliphatic rings. The summed E-state index contributed by atoms with van der Waals surface area (Å²) < 4.78 is 13.4. The first-order valence-electron chi connectivity index (χ1n) is 11.0. The molecule has 0 unspecified atom stereocenters. The number of aryl methyl sites for hydroxylation is 2. The summed E-state index contributed by atoms with van der Waals surface area (Å²) in [6.45, 7) is 6.64. The highest BCUT2D eigenvalue weighted by molar-refractivity contribution is 7.80. The smallest absolute Gasteiger partial charge is 0.175 e. The highest BCUT2D eigenvalue weighted by Gasteiger charge is 2.14. The van der Waals surface area contributed by atoms with Crippen LogP contribution in [0.2, 0.25) is 0 Å². The van der Waals surface area contributed by atoms with Crippen LogP contribution >= 0.6 is 12.2 Å². The normalized spacial score (nSPS) is 10.6. The highest BCUT2D eigenvalue weighted by Crippen LogP contribution is 2.27. The molecular formula is C27H28N4O2S. The van der Waals surface area contributed by atoms with Gasteiger partial charge in [0.2, 0.25) is 0 Å². The second-order valence-electron chi connectivity index (χ2n) is 8.05. The standard InChI is InChI=1S/C27H28N4O2S/c1-18-13-14-25(32-4)24(15-18)28-27(34)29-26-19(2)30-31(20(26)3)17-21-9-8-12-23(16-21)33-22-10-6-5-7-11-22/h5-16H,17H2,1-4H3,(H2,28,29,34). The van der Waals surface area contributed by atoms with E-state index in [-0.39, 0.29) is 0 Å². The molecule has 0 saturated carbocycles. The quantitative estimate of drug-likeness (QED) is 0.301. The minimum atomic E-state index is 0.480. The van der Waals surface area contributed by atoms with Crippen LogP contribution < -0.4 is 20.1 Å². The van der Waals surface area contributed by atoms with Crippen molar-refractivity contribution in [3.05, 3.63) is 95.3 Å². The van der Waals surface area contributed by atoms with Crippen LogP contribution in [0.1, 0.15) is 22.5 Å². The second-order valence-corrected chi connectivity index (χ2v) is 8.46. The fourth-order valence-corrected chi connectivity index (χ4v) is 3.94. The zero-order valence-electron chi connectivity index (χ0n) is 19.8. The van der Waals surface area contributed by atoms with Crippen LogP contribution in [-0.4, -0.2) is 22.0 Å². The number of thiocarbonyl (C=S) groups is 1. The summed E-state index contributed by atoms with van der Waals surface area (Å²) in [6.07, 6.45) is 0. The molecule has 0 atom stereocenters. The zero-order chi connectivity index (χ0) is 24.1. The monoisotopic (exact) mass is 472 g/mol. The van der Waals surface area contributed by atoms with E-state index >= 15 is 0 Å². The summed E-state index contributed by atoms with van der Waals surface area (Å²) in [4.78, 5) is 0. The molecule has 1 aromatic heterocycles. The molecule has 0 aliphatic carbocycles. The van der Waals surface area contributed by atoms with Gasteiger partial charge in [0.05, 0.1) is 36.4 Å². The first kappa shape index (κ1) is 23.3. The van der Waals surface area contributed by atoms with Gasteiger partial charge in [0.15, 0.2) is 5.11 Å². The Morgan fingerprint density at radius 1 is 0.912 bits per heavy atom. The van der Waals surface area contributed by atoms with E-state index in [9.17, 15) is 0 Å². The molecule has 0 spiro atoms. The van der Waals surface area contributed by atoms with Crippen LogP contribution in [-0.2, 0) is 6.54 Å². The van der Waals surface area contributed by atoms with Crippen molar-refractivity contribution in [1.82, 2.24) is 9.78 Å². The van der Waals surface area contributed by atoms with Gasteiger partial charge in [0.1, 0.15) is 17.2 Å². The van der Waals surface area contributed by atoms with Crippen molar-refractivity contribution >= 4 is 28.7 Å². The third-order valence-corrected chi connectivity index (χ3v) is 5.64. The Balaban J connectivity index is 1.47. The maximum atomic E-state index is 5.97. The van der Waals surface area contributed by atoms with E-state index in [4.69, 9.17) is 26.8 Å². The number of aromatic nitrogens is 2. The van der Waals surface area contributed by atoms with E-state index in [0.29, 0.717) is 11.7 Å². The van der Waals surface area contributed by atoms with Crippen molar-refractivity contribution in [3.63, 3.8) is 0 Å². The molecule has 0 radical (unpaired) electrons. The molecule has 6 nitrogen and oxygen atoms in total.